The van der Waals surface area contributed by atoms with E-state index in [4.69, 9.17) is 9.47 Å². The van der Waals surface area contributed by atoms with E-state index in [2.05, 4.69) is 24.1 Å². The summed E-state index contributed by atoms with van der Waals surface area (Å²) in [5, 5.41) is 2.79. The predicted octanol–water partition coefficient (Wildman–Crippen LogP) is 2.02. The summed E-state index contributed by atoms with van der Waals surface area (Å²) in [6.07, 6.45) is 0.130. The van der Waals surface area contributed by atoms with Crippen molar-refractivity contribution in [3.63, 3.8) is 0 Å². The summed E-state index contributed by atoms with van der Waals surface area (Å²) in [6, 6.07) is 9.66. The summed E-state index contributed by atoms with van der Waals surface area (Å²) in [4.78, 5) is 13.9. The zero-order chi connectivity index (χ0) is 15.1. The van der Waals surface area contributed by atoms with Gasteiger partial charge in [-0.3, -0.25) is 4.90 Å². The van der Waals surface area contributed by atoms with Gasteiger partial charge < -0.3 is 14.8 Å². The van der Waals surface area contributed by atoms with Gasteiger partial charge in [-0.05, 0) is 19.4 Å². The molecule has 0 unspecified atom stereocenters. The highest BCUT2D eigenvalue weighted by atomic mass is 16.5. The second kappa shape index (κ2) is 8.00. The molecule has 0 spiro atoms. The standard InChI is InChI=1S/C16H24N2O3/c1-13-10-18(11-14(2)21-13)9-8-17-16(19)20-12-15-6-4-3-5-7-15/h3-7,13-14H,8-12H2,1-2H3,(H,17,19)/t13-,14+. The quantitative estimate of drug-likeness (QED) is 0.902. The lowest BCUT2D eigenvalue weighted by atomic mass is 10.2. The van der Waals surface area contributed by atoms with Crippen LogP contribution < -0.4 is 5.32 Å². The molecule has 1 heterocycles. The first kappa shape index (κ1) is 15.8. The van der Waals surface area contributed by atoms with Crippen LogP contribution in [0.1, 0.15) is 19.4 Å². The third-order valence-electron chi connectivity index (χ3n) is 3.41. The highest BCUT2D eigenvalue weighted by Gasteiger charge is 2.21. The number of morpholine rings is 1. The van der Waals surface area contributed by atoms with Crippen LogP contribution in [0.2, 0.25) is 0 Å². The molecule has 1 amide bonds. The largest absolute Gasteiger partial charge is 0.445 e. The molecule has 0 aromatic heterocycles. The van der Waals surface area contributed by atoms with Crippen LogP contribution in [0.15, 0.2) is 30.3 Å². The van der Waals surface area contributed by atoms with Gasteiger partial charge in [-0.1, -0.05) is 30.3 Å². The fraction of sp³-hybridized carbons (Fsp3) is 0.562. The van der Waals surface area contributed by atoms with E-state index < -0.39 is 0 Å². The number of carbonyl (C=O) groups is 1. The minimum Gasteiger partial charge on any atom is -0.445 e. The molecule has 1 fully saturated rings. The minimum absolute atomic E-state index is 0.249. The molecular weight excluding hydrogens is 268 g/mol. The average Bonchev–Trinajstić information content (AvgIpc) is 2.45. The molecule has 2 rings (SSSR count). The zero-order valence-corrected chi connectivity index (χ0v) is 12.7. The number of ether oxygens (including phenoxy) is 2. The Kier molecular flexibility index (Phi) is 6.02. The van der Waals surface area contributed by atoms with Gasteiger partial charge in [-0.25, -0.2) is 4.79 Å². The molecule has 1 aliphatic rings. The van der Waals surface area contributed by atoms with Crippen LogP contribution in [0.4, 0.5) is 4.79 Å². The van der Waals surface area contributed by atoms with E-state index in [1.165, 1.54) is 0 Å². The lowest BCUT2D eigenvalue weighted by molar-refractivity contribution is -0.0673. The Hall–Kier alpha value is -1.59. The molecule has 1 aromatic rings. The fourth-order valence-corrected chi connectivity index (χ4v) is 2.56. The van der Waals surface area contributed by atoms with Gasteiger partial charge >= 0.3 is 6.09 Å². The van der Waals surface area contributed by atoms with E-state index in [0.29, 0.717) is 13.2 Å². The Morgan fingerprint density at radius 1 is 1.29 bits per heavy atom. The maximum absolute atomic E-state index is 11.6. The molecule has 0 radical (unpaired) electrons. The zero-order valence-electron chi connectivity index (χ0n) is 12.7. The van der Waals surface area contributed by atoms with Gasteiger partial charge in [-0.2, -0.15) is 0 Å². The monoisotopic (exact) mass is 292 g/mol. The van der Waals surface area contributed by atoms with Crippen LogP contribution in [0, 0.1) is 0 Å². The molecule has 2 atom stereocenters. The van der Waals surface area contributed by atoms with Gasteiger partial charge in [-0.15, -0.1) is 0 Å². The van der Waals surface area contributed by atoms with Gasteiger partial charge in [0.25, 0.3) is 0 Å². The number of benzene rings is 1. The van der Waals surface area contributed by atoms with Crippen LogP contribution in [0.3, 0.4) is 0 Å². The second-order valence-corrected chi connectivity index (χ2v) is 5.51. The Balaban J connectivity index is 1.61. The van der Waals surface area contributed by atoms with E-state index in [-0.39, 0.29) is 18.3 Å². The van der Waals surface area contributed by atoms with Gasteiger partial charge in [0.15, 0.2) is 0 Å². The van der Waals surface area contributed by atoms with Crippen LogP contribution in [-0.4, -0.2) is 49.4 Å². The molecule has 21 heavy (non-hydrogen) atoms. The normalized spacial score (nSPS) is 22.8. The number of nitrogens with one attached hydrogen (secondary N) is 1. The van der Waals surface area contributed by atoms with E-state index in [1.807, 2.05) is 30.3 Å². The number of carbonyl (C=O) groups excluding carboxylic acids is 1. The Morgan fingerprint density at radius 2 is 1.95 bits per heavy atom. The molecule has 0 bridgehead atoms. The van der Waals surface area contributed by atoms with Gasteiger partial charge in [0.2, 0.25) is 0 Å². The highest BCUT2D eigenvalue weighted by molar-refractivity contribution is 5.67. The first-order valence-electron chi connectivity index (χ1n) is 7.46. The van der Waals surface area contributed by atoms with Crippen molar-refractivity contribution in [3.8, 4) is 0 Å². The summed E-state index contributed by atoms with van der Waals surface area (Å²) in [7, 11) is 0. The van der Waals surface area contributed by atoms with Crippen molar-refractivity contribution in [1.29, 1.82) is 0 Å². The lowest BCUT2D eigenvalue weighted by Gasteiger charge is -2.35. The highest BCUT2D eigenvalue weighted by Crippen LogP contribution is 2.09. The first-order valence-corrected chi connectivity index (χ1v) is 7.46. The molecule has 1 N–H and O–H groups in total. The molecule has 0 saturated carbocycles. The maximum atomic E-state index is 11.6. The first-order chi connectivity index (χ1) is 10.1. The van der Waals surface area contributed by atoms with Gasteiger partial charge in [0.05, 0.1) is 12.2 Å². The van der Waals surface area contributed by atoms with Crippen molar-refractivity contribution < 1.29 is 14.3 Å². The SMILES string of the molecule is C[C@@H]1CN(CCNC(=O)OCc2ccccc2)C[C@H](C)O1. The van der Waals surface area contributed by atoms with Crippen molar-refractivity contribution >= 4 is 6.09 Å². The second-order valence-electron chi connectivity index (χ2n) is 5.51. The van der Waals surface area contributed by atoms with Crippen LogP contribution in [-0.2, 0) is 16.1 Å². The van der Waals surface area contributed by atoms with Crippen molar-refractivity contribution in [2.75, 3.05) is 26.2 Å². The molecule has 0 aliphatic carbocycles. The number of alkyl carbamates (subject to hydrolysis) is 1. The van der Waals surface area contributed by atoms with Crippen LogP contribution in [0.25, 0.3) is 0 Å². The lowest BCUT2D eigenvalue weighted by Crippen LogP contribution is -2.47. The number of hydrogen-bond acceptors (Lipinski definition) is 4. The minimum atomic E-state index is -0.367. The van der Waals surface area contributed by atoms with Gasteiger partial charge in [0, 0.05) is 26.2 Å². The summed E-state index contributed by atoms with van der Waals surface area (Å²) in [6.45, 7) is 7.68. The Morgan fingerprint density at radius 3 is 2.62 bits per heavy atom. The number of nitrogens with zero attached hydrogens (tertiary/aromatic N) is 1. The van der Waals surface area contributed by atoms with Crippen molar-refractivity contribution in [1.82, 2.24) is 10.2 Å². The van der Waals surface area contributed by atoms with Gasteiger partial charge in [0.1, 0.15) is 6.61 Å². The summed E-state index contributed by atoms with van der Waals surface area (Å²) >= 11 is 0. The van der Waals surface area contributed by atoms with Crippen LogP contribution >= 0.6 is 0 Å². The van der Waals surface area contributed by atoms with Crippen molar-refractivity contribution in [3.05, 3.63) is 35.9 Å². The summed E-state index contributed by atoms with van der Waals surface area (Å²) < 4.78 is 10.8. The van der Waals surface area contributed by atoms with E-state index >= 15 is 0 Å². The topological polar surface area (TPSA) is 50.8 Å². The maximum Gasteiger partial charge on any atom is 0.407 e. The molecule has 1 aliphatic heterocycles. The molecule has 1 aromatic carbocycles. The summed E-state index contributed by atoms with van der Waals surface area (Å²) in [5.41, 5.74) is 0.989. The third-order valence-corrected chi connectivity index (χ3v) is 3.41. The predicted molar refractivity (Wildman–Crippen MR) is 81.1 cm³/mol. The van der Waals surface area contributed by atoms with E-state index in [1.54, 1.807) is 0 Å². The summed E-state index contributed by atoms with van der Waals surface area (Å²) in [5.74, 6) is 0. The molecular formula is C16H24N2O3. The molecule has 116 valence electrons. The Labute approximate surface area is 126 Å². The van der Waals surface area contributed by atoms with Crippen LogP contribution in [0.5, 0.6) is 0 Å². The number of hydrogen-bond donors (Lipinski definition) is 1. The van der Waals surface area contributed by atoms with E-state index in [0.717, 1.165) is 25.2 Å². The third kappa shape index (κ3) is 5.73. The Bertz CT molecular complexity index is 428. The molecule has 5 nitrogen and oxygen atoms in total. The average molecular weight is 292 g/mol. The molecule has 5 heteroatoms. The smallest absolute Gasteiger partial charge is 0.407 e. The number of amides is 1. The molecule has 1 saturated heterocycles. The number of rotatable bonds is 5. The van der Waals surface area contributed by atoms with Crippen molar-refractivity contribution in [2.45, 2.75) is 32.7 Å². The van der Waals surface area contributed by atoms with E-state index in [9.17, 15) is 4.79 Å². The van der Waals surface area contributed by atoms with Crippen molar-refractivity contribution in [2.24, 2.45) is 0 Å². The fourth-order valence-electron chi connectivity index (χ4n) is 2.56.